The molecule has 2 N–H and O–H groups in total. The SMILES string of the molecule is Cc1cccc(C(Oc2cc(C)ccc2F)C(C)N)c1. The van der Waals surface area contributed by atoms with E-state index in [9.17, 15) is 4.39 Å². The molecule has 2 atom stereocenters. The van der Waals surface area contributed by atoms with Gasteiger partial charge in [-0.25, -0.2) is 4.39 Å². The number of hydrogen-bond donors (Lipinski definition) is 1. The van der Waals surface area contributed by atoms with E-state index in [1.165, 1.54) is 6.07 Å². The first-order valence-corrected chi connectivity index (χ1v) is 6.72. The van der Waals surface area contributed by atoms with Gasteiger partial charge in [0.2, 0.25) is 0 Å². The average molecular weight is 273 g/mol. The molecule has 0 saturated carbocycles. The van der Waals surface area contributed by atoms with Crippen LogP contribution in [0.25, 0.3) is 0 Å². The van der Waals surface area contributed by atoms with Gasteiger partial charge in [-0.3, -0.25) is 0 Å². The second-order valence-corrected chi connectivity index (χ2v) is 5.25. The maximum absolute atomic E-state index is 13.8. The molecule has 2 aromatic rings. The second kappa shape index (κ2) is 6.06. The van der Waals surface area contributed by atoms with Crippen LogP contribution in [0, 0.1) is 19.7 Å². The lowest BCUT2D eigenvalue weighted by atomic mass is 10.0. The molecule has 0 heterocycles. The van der Waals surface area contributed by atoms with Crippen LogP contribution in [0.3, 0.4) is 0 Å². The number of hydrogen-bond acceptors (Lipinski definition) is 2. The van der Waals surface area contributed by atoms with Crippen molar-refractivity contribution in [3.05, 3.63) is 65.0 Å². The summed E-state index contributed by atoms with van der Waals surface area (Å²) in [5.74, 6) is -0.122. The highest BCUT2D eigenvalue weighted by atomic mass is 19.1. The Labute approximate surface area is 119 Å². The van der Waals surface area contributed by atoms with Crippen molar-refractivity contribution in [1.29, 1.82) is 0 Å². The molecular weight excluding hydrogens is 253 g/mol. The predicted octanol–water partition coefficient (Wildman–Crippen LogP) is 3.91. The molecule has 20 heavy (non-hydrogen) atoms. The van der Waals surface area contributed by atoms with Crippen molar-refractivity contribution in [2.75, 3.05) is 0 Å². The summed E-state index contributed by atoms with van der Waals surface area (Å²) in [5.41, 5.74) is 9.05. The maximum Gasteiger partial charge on any atom is 0.165 e. The Bertz CT molecular complexity index is 595. The molecule has 0 saturated heterocycles. The largest absolute Gasteiger partial charge is 0.481 e. The van der Waals surface area contributed by atoms with Crippen molar-refractivity contribution in [1.82, 2.24) is 0 Å². The summed E-state index contributed by atoms with van der Waals surface area (Å²) < 4.78 is 19.7. The number of nitrogens with two attached hydrogens (primary N) is 1. The topological polar surface area (TPSA) is 35.2 Å². The van der Waals surface area contributed by atoms with E-state index in [2.05, 4.69) is 0 Å². The fourth-order valence-corrected chi connectivity index (χ4v) is 2.16. The van der Waals surface area contributed by atoms with Crippen LogP contribution >= 0.6 is 0 Å². The Morgan fingerprint density at radius 2 is 1.75 bits per heavy atom. The minimum Gasteiger partial charge on any atom is -0.481 e. The molecule has 106 valence electrons. The van der Waals surface area contributed by atoms with E-state index >= 15 is 0 Å². The molecule has 0 amide bonds. The van der Waals surface area contributed by atoms with Crippen LogP contribution in [0.5, 0.6) is 5.75 Å². The molecule has 2 unspecified atom stereocenters. The van der Waals surface area contributed by atoms with E-state index < -0.39 is 0 Å². The van der Waals surface area contributed by atoms with Crippen LogP contribution in [0.2, 0.25) is 0 Å². The molecule has 0 aliphatic carbocycles. The quantitative estimate of drug-likeness (QED) is 0.916. The van der Waals surface area contributed by atoms with Gasteiger partial charge in [0.15, 0.2) is 11.6 Å². The number of benzene rings is 2. The maximum atomic E-state index is 13.8. The van der Waals surface area contributed by atoms with Crippen molar-refractivity contribution in [2.24, 2.45) is 5.73 Å². The highest BCUT2D eigenvalue weighted by molar-refractivity contribution is 5.32. The fraction of sp³-hybridized carbons (Fsp3) is 0.294. The minimum atomic E-state index is -0.369. The molecule has 0 spiro atoms. The van der Waals surface area contributed by atoms with Gasteiger partial charge >= 0.3 is 0 Å². The van der Waals surface area contributed by atoms with Crippen LogP contribution in [0.15, 0.2) is 42.5 Å². The van der Waals surface area contributed by atoms with Gasteiger partial charge < -0.3 is 10.5 Å². The van der Waals surface area contributed by atoms with Crippen LogP contribution < -0.4 is 10.5 Å². The van der Waals surface area contributed by atoms with Crippen molar-refractivity contribution < 1.29 is 9.13 Å². The van der Waals surface area contributed by atoms with E-state index in [4.69, 9.17) is 10.5 Å². The van der Waals surface area contributed by atoms with E-state index in [0.717, 1.165) is 16.7 Å². The average Bonchev–Trinajstić information content (AvgIpc) is 2.39. The first kappa shape index (κ1) is 14.5. The van der Waals surface area contributed by atoms with E-state index in [1.807, 2.05) is 45.0 Å². The molecule has 0 radical (unpaired) electrons. The zero-order valence-electron chi connectivity index (χ0n) is 12.1. The third-order valence-corrected chi connectivity index (χ3v) is 3.19. The van der Waals surface area contributed by atoms with Crippen molar-refractivity contribution in [2.45, 2.75) is 32.9 Å². The van der Waals surface area contributed by atoms with Crippen molar-refractivity contribution in [3.63, 3.8) is 0 Å². The summed E-state index contributed by atoms with van der Waals surface area (Å²) in [6.45, 7) is 5.77. The lowest BCUT2D eigenvalue weighted by Crippen LogP contribution is -2.29. The van der Waals surface area contributed by atoms with Gasteiger partial charge in [-0.15, -0.1) is 0 Å². The number of rotatable bonds is 4. The van der Waals surface area contributed by atoms with Crippen molar-refractivity contribution >= 4 is 0 Å². The molecule has 2 aromatic carbocycles. The van der Waals surface area contributed by atoms with Gasteiger partial charge in [0, 0.05) is 6.04 Å². The smallest absolute Gasteiger partial charge is 0.165 e. The predicted molar refractivity (Wildman–Crippen MR) is 79.3 cm³/mol. The fourth-order valence-electron chi connectivity index (χ4n) is 2.16. The molecule has 0 fully saturated rings. The second-order valence-electron chi connectivity index (χ2n) is 5.25. The van der Waals surface area contributed by atoms with Crippen LogP contribution in [0.1, 0.15) is 29.7 Å². The van der Waals surface area contributed by atoms with Gasteiger partial charge in [0.05, 0.1) is 0 Å². The highest BCUT2D eigenvalue weighted by Crippen LogP contribution is 2.27. The lowest BCUT2D eigenvalue weighted by molar-refractivity contribution is 0.172. The molecule has 2 nitrogen and oxygen atoms in total. The molecular formula is C17H20FNO. The van der Waals surface area contributed by atoms with Crippen LogP contribution in [-0.4, -0.2) is 6.04 Å². The highest BCUT2D eigenvalue weighted by Gasteiger charge is 2.20. The Hall–Kier alpha value is -1.87. The molecule has 3 heteroatoms. The number of aryl methyl sites for hydroxylation is 2. The monoisotopic (exact) mass is 273 g/mol. The summed E-state index contributed by atoms with van der Waals surface area (Å²) >= 11 is 0. The van der Waals surface area contributed by atoms with Gasteiger partial charge in [-0.2, -0.15) is 0 Å². The Morgan fingerprint density at radius 1 is 1.05 bits per heavy atom. The summed E-state index contributed by atoms with van der Waals surface area (Å²) in [5, 5.41) is 0. The Morgan fingerprint density at radius 3 is 2.40 bits per heavy atom. The molecule has 0 aromatic heterocycles. The van der Waals surface area contributed by atoms with Gasteiger partial charge in [0.25, 0.3) is 0 Å². The van der Waals surface area contributed by atoms with Crippen LogP contribution in [-0.2, 0) is 0 Å². The van der Waals surface area contributed by atoms with Crippen LogP contribution in [0.4, 0.5) is 4.39 Å². The molecule has 2 rings (SSSR count). The van der Waals surface area contributed by atoms with Crippen molar-refractivity contribution in [3.8, 4) is 5.75 Å². The Kier molecular flexibility index (Phi) is 4.40. The zero-order chi connectivity index (χ0) is 14.7. The Balaban J connectivity index is 2.33. The van der Waals surface area contributed by atoms with E-state index in [-0.39, 0.29) is 23.7 Å². The van der Waals surface area contributed by atoms with E-state index in [0.29, 0.717) is 0 Å². The summed E-state index contributed by atoms with van der Waals surface area (Å²) in [7, 11) is 0. The summed E-state index contributed by atoms with van der Waals surface area (Å²) in [6.07, 6.45) is -0.369. The molecule has 0 aliphatic rings. The number of ether oxygens (including phenoxy) is 1. The first-order valence-electron chi connectivity index (χ1n) is 6.72. The third kappa shape index (κ3) is 3.36. The van der Waals surface area contributed by atoms with E-state index in [1.54, 1.807) is 12.1 Å². The van der Waals surface area contributed by atoms with Gasteiger partial charge in [0.1, 0.15) is 6.10 Å². The first-order chi connectivity index (χ1) is 9.47. The normalized spacial score (nSPS) is 13.8. The third-order valence-electron chi connectivity index (χ3n) is 3.19. The molecule has 0 aliphatic heterocycles. The summed E-state index contributed by atoms with van der Waals surface area (Å²) in [4.78, 5) is 0. The standard InChI is InChI=1S/C17H20FNO/c1-11-5-4-6-14(9-11)17(13(3)19)20-16-10-12(2)7-8-15(16)18/h4-10,13,17H,19H2,1-3H3. The van der Waals surface area contributed by atoms with Gasteiger partial charge in [-0.05, 0) is 44.0 Å². The lowest BCUT2D eigenvalue weighted by Gasteiger charge is -2.23. The summed E-state index contributed by atoms with van der Waals surface area (Å²) in [6, 6.07) is 12.5. The number of halogens is 1. The molecule has 0 bridgehead atoms. The zero-order valence-corrected chi connectivity index (χ0v) is 12.1. The minimum absolute atomic E-state index is 0.239. The van der Waals surface area contributed by atoms with Gasteiger partial charge in [-0.1, -0.05) is 35.9 Å².